The van der Waals surface area contributed by atoms with Crippen molar-refractivity contribution in [2.24, 2.45) is 0 Å². The zero-order chi connectivity index (χ0) is 13.1. The summed E-state index contributed by atoms with van der Waals surface area (Å²) < 4.78 is 0.819. The standard InChI is InChI=1S/C13H13N3OS2/c17-12(15-10-6-7-10)11(9-4-2-1-3-5-9)19-13-16-14-8-18-13/h1-5,8,10-11H,6-7H2,(H,15,17). The number of nitrogens with one attached hydrogen (secondary N) is 1. The lowest BCUT2D eigenvalue weighted by Gasteiger charge is -2.15. The number of carbonyl (C=O) groups is 1. The van der Waals surface area contributed by atoms with Crippen LogP contribution in [0.4, 0.5) is 0 Å². The van der Waals surface area contributed by atoms with Gasteiger partial charge in [-0.2, -0.15) is 0 Å². The van der Waals surface area contributed by atoms with Gasteiger partial charge in [0.05, 0.1) is 0 Å². The summed E-state index contributed by atoms with van der Waals surface area (Å²) in [4.78, 5) is 12.3. The second kappa shape index (κ2) is 5.71. The molecule has 98 valence electrons. The SMILES string of the molecule is O=C(NC1CC1)C(Sc1nncs1)c1ccccc1. The number of hydrogen-bond acceptors (Lipinski definition) is 5. The molecule has 4 nitrogen and oxygen atoms in total. The molecule has 1 aromatic heterocycles. The molecule has 1 aliphatic carbocycles. The smallest absolute Gasteiger partial charge is 0.238 e. The van der Waals surface area contributed by atoms with Gasteiger partial charge >= 0.3 is 0 Å². The molecule has 1 amide bonds. The maximum Gasteiger partial charge on any atom is 0.238 e. The molecule has 1 N–H and O–H groups in total. The van der Waals surface area contributed by atoms with Crippen molar-refractivity contribution in [2.45, 2.75) is 28.5 Å². The van der Waals surface area contributed by atoms with Crippen LogP contribution in [0.1, 0.15) is 23.7 Å². The number of hydrogen-bond donors (Lipinski definition) is 1. The number of thioether (sulfide) groups is 1. The largest absolute Gasteiger partial charge is 0.352 e. The van der Waals surface area contributed by atoms with Gasteiger partial charge in [0.25, 0.3) is 0 Å². The normalized spacial score (nSPS) is 16.0. The highest BCUT2D eigenvalue weighted by atomic mass is 32.2. The molecular weight excluding hydrogens is 278 g/mol. The highest BCUT2D eigenvalue weighted by molar-refractivity contribution is 8.01. The highest BCUT2D eigenvalue weighted by Crippen LogP contribution is 2.36. The summed E-state index contributed by atoms with van der Waals surface area (Å²) in [5, 5.41) is 10.6. The molecule has 1 unspecified atom stereocenters. The maximum absolute atomic E-state index is 12.3. The second-order valence-electron chi connectivity index (χ2n) is 4.40. The number of carbonyl (C=O) groups excluding carboxylic acids is 1. The van der Waals surface area contributed by atoms with Crippen LogP contribution >= 0.6 is 23.1 Å². The zero-order valence-electron chi connectivity index (χ0n) is 10.2. The van der Waals surface area contributed by atoms with Crippen LogP contribution in [0, 0.1) is 0 Å². The van der Waals surface area contributed by atoms with Crippen molar-refractivity contribution in [3.8, 4) is 0 Å². The predicted molar refractivity (Wildman–Crippen MR) is 76.1 cm³/mol. The predicted octanol–water partition coefficient (Wildman–Crippen LogP) is 2.65. The Kier molecular flexibility index (Phi) is 3.79. The average molecular weight is 291 g/mol. The van der Waals surface area contributed by atoms with Crippen LogP contribution < -0.4 is 5.32 Å². The summed E-state index contributed by atoms with van der Waals surface area (Å²) in [5.41, 5.74) is 2.68. The third kappa shape index (κ3) is 3.33. The van der Waals surface area contributed by atoms with E-state index in [2.05, 4.69) is 15.5 Å². The third-order valence-electron chi connectivity index (χ3n) is 2.82. The highest BCUT2D eigenvalue weighted by Gasteiger charge is 2.29. The van der Waals surface area contributed by atoms with E-state index in [0.29, 0.717) is 6.04 Å². The van der Waals surface area contributed by atoms with E-state index in [-0.39, 0.29) is 11.2 Å². The summed E-state index contributed by atoms with van der Waals surface area (Å²) in [6.45, 7) is 0. The fourth-order valence-electron chi connectivity index (χ4n) is 1.72. The quantitative estimate of drug-likeness (QED) is 0.861. The van der Waals surface area contributed by atoms with Gasteiger partial charge in [-0.25, -0.2) is 0 Å². The Labute approximate surface area is 119 Å². The monoisotopic (exact) mass is 291 g/mol. The van der Waals surface area contributed by atoms with Gasteiger partial charge in [0, 0.05) is 6.04 Å². The summed E-state index contributed by atoms with van der Waals surface area (Å²) >= 11 is 2.92. The lowest BCUT2D eigenvalue weighted by atomic mass is 10.1. The van der Waals surface area contributed by atoms with E-state index in [4.69, 9.17) is 0 Å². The number of benzene rings is 1. The second-order valence-corrected chi connectivity index (χ2v) is 6.58. The van der Waals surface area contributed by atoms with E-state index in [1.807, 2.05) is 30.3 Å². The van der Waals surface area contributed by atoms with E-state index in [1.165, 1.54) is 23.1 Å². The Morgan fingerprint density at radius 3 is 2.79 bits per heavy atom. The first kappa shape index (κ1) is 12.6. The van der Waals surface area contributed by atoms with Gasteiger partial charge in [-0.3, -0.25) is 4.79 Å². The molecule has 0 bridgehead atoms. The Hall–Kier alpha value is -1.40. The maximum atomic E-state index is 12.3. The number of rotatable bonds is 5. The van der Waals surface area contributed by atoms with Crippen molar-refractivity contribution < 1.29 is 4.79 Å². The summed E-state index contributed by atoms with van der Waals surface area (Å²) in [6, 6.07) is 10.2. The molecule has 0 radical (unpaired) electrons. The topological polar surface area (TPSA) is 54.9 Å². The third-order valence-corrected chi connectivity index (χ3v) is 4.89. The first-order valence-corrected chi connectivity index (χ1v) is 7.87. The van der Waals surface area contributed by atoms with Crippen LogP contribution in [0.25, 0.3) is 0 Å². The molecule has 1 aliphatic rings. The van der Waals surface area contributed by atoms with Crippen molar-refractivity contribution in [1.29, 1.82) is 0 Å². The van der Waals surface area contributed by atoms with Gasteiger partial charge in [-0.05, 0) is 18.4 Å². The van der Waals surface area contributed by atoms with E-state index >= 15 is 0 Å². The number of amides is 1. The molecular formula is C13H13N3OS2. The van der Waals surface area contributed by atoms with Gasteiger partial charge in [0.15, 0.2) is 4.34 Å². The minimum absolute atomic E-state index is 0.0638. The molecule has 2 aromatic rings. The molecule has 1 atom stereocenters. The van der Waals surface area contributed by atoms with Crippen LogP contribution in [-0.2, 0) is 4.79 Å². The van der Waals surface area contributed by atoms with Crippen molar-refractivity contribution >= 4 is 29.0 Å². The van der Waals surface area contributed by atoms with Crippen LogP contribution in [0.3, 0.4) is 0 Å². The summed E-state index contributed by atoms with van der Waals surface area (Å²) in [5.74, 6) is 0.0638. The minimum Gasteiger partial charge on any atom is -0.352 e. The Morgan fingerprint density at radius 1 is 1.37 bits per heavy atom. The molecule has 1 saturated carbocycles. The van der Waals surface area contributed by atoms with Gasteiger partial charge in [0.2, 0.25) is 5.91 Å². The number of aromatic nitrogens is 2. The molecule has 0 spiro atoms. The Balaban J connectivity index is 1.79. The van der Waals surface area contributed by atoms with E-state index in [9.17, 15) is 4.79 Å². The zero-order valence-corrected chi connectivity index (χ0v) is 11.8. The molecule has 3 rings (SSSR count). The van der Waals surface area contributed by atoms with Crippen LogP contribution in [0.5, 0.6) is 0 Å². The lowest BCUT2D eigenvalue weighted by Crippen LogP contribution is -2.29. The Bertz CT molecular complexity index is 540. The minimum atomic E-state index is -0.255. The molecule has 1 heterocycles. The summed E-state index contributed by atoms with van der Waals surface area (Å²) in [6.07, 6.45) is 2.19. The van der Waals surface area contributed by atoms with Gasteiger partial charge in [-0.1, -0.05) is 53.4 Å². The van der Waals surface area contributed by atoms with Crippen molar-refractivity contribution in [1.82, 2.24) is 15.5 Å². The molecule has 0 aliphatic heterocycles. The van der Waals surface area contributed by atoms with Gasteiger partial charge in [0.1, 0.15) is 10.8 Å². The van der Waals surface area contributed by atoms with Gasteiger partial charge in [-0.15, -0.1) is 10.2 Å². The van der Waals surface area contributed by atoms with Crippen molar-refractivity contribution in [3.05, 3.63) is 41.4 Å². The Morgan fingerprint density at radius 2 is 2.16 bits per heavy atom. The molecule has 1 aromatic carbocycles. The fourth-order valence-corrected chi connectivity index (χ4v) is 3.40. The fraction of sp³-hybridized carbons (Fsp3) is 0.308. The summed E-state index contributed by atoms with van der Waals surface area (Å²) in [7, 11) is 0. The lowest BCUT2D eigenvalue weighted by molar-refractivity contribution is -0.120. The van der Waals surface area contributed by atoms with Crippen molar-refractivity contribution in [3.63, 3.8) is 0 Å². The van der Waals surface area contributed by atoms with E-state index in [0.717, 1.165) is 22.7 Å². The van der Waals surface area contributed by atoms with Crippen molar-refractivity contribution in [2.75, 3.05) is 0 Å². The number of nitrogens with zero attached hydrogens (tertiary/aromatic N) is 2. The molecule has 6 heteroatoms. The average Bonchev–Trinajstić information content (AvgIpc) is 3.10. The first-order chi connectivity index (χ1) is 9.33. The molecule has 0 saturated heterocycles. The van der Waals surface area contributed by atoms with Crippen LogP contribution in [0.2, 0.25) is 0 Å². The van der Waals surface area contributed by atoms with E-state index in [1.54, 1.807) is 5.51 Å². The van der Waals surface area contributed by atoms with Crippen LogP contribution in [-0.4, -0.2) is 22.1 Å². The van der Waals surface area contributed by atoms with Gasteiger partial charge < -0.3 is 5.32 Å². The van der Waals surface area contributed by atoms with E-state index < -0.39 is 0 Å². The van der Waals surface area contributed by atoms with Crippen LogP contribution in [0.15, 0.2) is 40.2 Å². The molecule has 19 heavy (non-hydrogen) atoms. The molecule has 1 fully saturated rings. The first-order valence-electron chi connectivity index (χ1n) is 6.11.